The van der Waals surface area contributed by atoms with E-state index in [4.69, 9.17) is 28.8 Å². The standard InChI is InChI=1S/C52H33N3O.C50H35N3O/c1-4-16-34(17-5-1)38-30-39(35-18-6-2-7-19-35)32-40(31-38)48-51-49(54-52(53-48)36-20-8-3-9-21-36)45-27-15-26-42(50(45)56-51)37-22-14-23-41(33-37)55-46-28-12-10-24-43(46)44-25-11-13-29-47(44)55;1-4-13-32(14-5-1)37-26-28-45-43(31-37)41-19-10-11-22-44(41)53(45)39-27-25-35-29-38(24-23-36(35)30-39)40-20-12-21-42-47-49(54-48(40)42)46(33-15-6-2-7-16-33)51-50(52-47)34-17-8-3-9-18-34/h1-33H;1-13,15-32,43,45H,14H2. The van der Waals surface area contributed by atoms with E-state index in [9.17, 15) is 0 Å². The van der Waals surface area contributed by atoms with Gasteiger partial charge in [-0.3, -0.25) is 0 Å². The van der Waals surface area contributed by atoms with Crippen LogP contribution >= 0.6 is 0 Å². The fourth-order valence-electron chi connectivity index (χ4n) is 16.9. The fraction of sp³-hybridized carbons (Fsp3) is 0.0392. The Morgan fingerprint density at radius 3 is 1.42 bits per heavy atom. The third-order valence-electron chi connectivity index (χ3n) is 22.1. The minimum absolute atomic E-state index is 0.239. The first-order valence-electron chi connectivity index (χ1n) is 37.7. The number of furan rings is 2. The van der Waals surface area contributed by atoms with Crippen LogP contribution in [0, 0.1) is 5.92 Å². The van der Waals surface area contributed by atoms with Crippen LogP contribution in [0.15, 0.2) is 397 Å². The molecule has 3 atom stereocenters. The quantitative estimate of drug-likeness (QED) is 0.128. The minimum atomic E-state index is 0.239. The number of nitrogens with zero attached hydrogens (tertiary/aromatic N) is 6. The van der Waals surface area contributed by atoms with Crippen molar-refractivity contribution < 1.29 is 8.83 Å². The van der Waals surface area contributed by atoms with Crippen molar-refractivity contribution in [1.82, 2.24) is 24.5 Å². The van der Waals surface area contributed by atoms with Crippen LogP contribution in [0.3, 0.4) is 0 Å². The van der Waals surface area contributed by atoms with Gasteiger partial charge in [-0.25, -0.2) is 19.9 Å². The van der Waals surface area contributed by atoms with Gasteiger partial charge < -0.3 is 18.3 Å². The van der Waals surface area contributed by atoms with Crippen LogP contribution < -0.4 is 4.90 Å². The molecule has 0 fully saturated rings. The normalized spacial score (nSPS) is 15.1. The molecule has 0 bridgehead atoms. The zero-order valence-corrected chi connectivity index (χ0v) is 59.8. The lowest BCUT2D eigenvalue weighted by Gasteiger charge is -2.31. The van der Waals surface area contributed by atoms with Crippen LogP contribution in [-0.2, 0) is 0 Å². The van der Waals surface area contributed by atoms with Crippen LogP contribution in [-0.4, -0.2) is 30.5 Å². The predicted octanol–water partition coefficient (Wildman–Crippen LogP) is 26.6. The molecule has 19 aromatic rings. The molecular formula is C102H68N6O2. The smallest absolute Gasteiger partial charge is 0.180 e. The summed E-state index contributed by atoms with van der Waals surface area (Å²) in [6.45, 7) is 0. The number of allylic oxidation sites excluding steroid dienone is 6. The molecule has 8 heteroatoms. The van der Waals surface area contributed by atoms with Crippen LogP contribution in [0.4, 0.5) is 11.4 Å². The molecule has 0 amide bonds. The van der Waals surface area contributed by atoms with E-state index in [1.54, 1.807) is 0 Å². The molecule has 0 N–H and O–H groups in total. The number of hydrogen-bond donors (Lipinski definition) is 0. The molecular weight excluding hydrogens is 1340 g/mol. The maximum atomic E-state index is 7.04. The lowest BCUT2D eigenvalue weighted by Crippen LogP contribution is -2.29. The highest BCUT2D eigenvalue weighted by atomic mass is 16.3. The molecule has 0 saturated heterocycles. The Morgan fingerprint density at radius 2 is 0.818 bits per heavy atom. The maximum Gasteiger partial charge on any atom is 0.180 e. The number of aromatic nitrogens is 5. The maximum absolute atomic E-state index is 7.04. The molecule has 518 valence electrons. The molecule has 0 spiro atoms. The summed E-state index contributed by atoms with van der Waals surface area (Å²) in [6.07, 6.45) is 17.3. The van der Waals surface area contributed by atoms with Crippen molar-refractivity contribution in [2.75, 3.05) is 4.90 Å². The largest absolute Gasteiger partial charge is 0.451 e. The van der Waals surface area contributed by atoms with Crippen LogP contribution in [0.1, 0.15) is 17.9 Å². The lowest BCUT2D eigenvalue weighted by atomic mass is 9.82. The highest BCUT2D eigenvalue weighted by Crippen LogP contribution is 2.51. The molecule has 3 unspecified atom stereocenters. The lowest BCUT2D eigenvalue weighted by molar-refractivity contribution is 0.668. The Kier molecular flexibility index (Phi) is 15.7. The van der Waals surface area contributed by atoms with Gasteiger partial charge in [0.25, 0.3) is 0 Å². The summed E-state index contributed by atoms with van der Waals surface area (Å²) in [5.74, 6) is 2.10. The average molecular weight is 1410 g/mol. The van der Waals surface area contributed by atoms with Crippen LogP contribution in [0.25, 0.3) is 172 Å². The number of benzene rings is 14. The molecule has 5 aromatic heterocycles. The van der Waals surface area contributed by atoms with Crippen molar-refractivity contribution in [2.24, 2.45) is 5.92 Å². The van der Waals surface area contributed by atoms with Gasteiger partial charge in [0, 0.05) is 83.8 Å². The third kappa shape index (κ3) is 11.2. The highest BCUT2D eigenvalue weighted by molar-refractivity contribution is 6.14. The number of rotatable bonds is 11. The monoisotopic (exact) mass is 1410 g/mol. The molecule has 8 nitrogen and oxygen atoms in total. The molecule has 0 saturated carbocycles. The Morgan fingerprint density at radius 1 is 0.327 bits per heavy atom. The van der Waals surface area contributed by atoms with Gasteiger partial charge >= 0.3 is 0 Å². The second-order valence-corrected chi connectivity index (χ2v) is 28.6. The Labute approximate surface area is 635 Å². The number of para-hydroxylation sites is 5. The van der Waals surface area contributed by atoms with Gasteiger partial charge in [0.2, 0.25) is 0 Å². The summed E-state index contributed by atoms with van der Waals surface area (Å²) in [6, 6.07) is 120. The number of hydrogen-bond acceptors (Lipinski definition) is 7. The molecule has 6 heterocycles. The summed E-state index contributed by atoms with van der Waals surface area (Å²) >= 11 is 0. The first kappa shape index (κ1) is 64.1. The third-order valence-corrected chi connectivity index (χ3v) is 22.1. The predicted molar refractivity (Wildman–Crippen MR) is 453 cm³/mol. The first-order chi connectivity index (χ1) is 54.5. The highest BCUT2D eigenvalue weighted by Gasteiger charge is 2.39. The number of anilines is 2. The van der Waals surface area contributed by atoms with Gasteiger partial charge in [0.1, 0.15) is 33.6 Å². The summed E-state index contributed by atoms with van der Waals surface area (Å²) in [5, 5.41) is 6.78. The number of fused-ring (bicyclic) bond motifs is 13. The van der Waals surface area contributed by atoms with Gasteiger partial charge in [-0.15, -0.1) is 0 Å². The van der Waals surface area contributed by atoms with Crippen molar-refractivity contribution in [1.29, 1.82) is 0 Å². The summed E-state index contributed by atoms with van der Waals surface area (Å²) in [7, 11) is 0. The molecule has 0 radical (unpaired) electrons. The van der Waals surface area contributed by atoms with Gasteiger partial charge in [-0.05, 0) is 141 Å². The Bertz CT molecular complexity index is 6840. The topological polar surface area (TPSA) is 86.0 Å². The molecule has 3 aliphatic rings. The van der Waals surface area contributed by atoms with Crippen LogP contribution in [0.5, 0.6) is 0 Å². The van der Waals surface area contributed by atoms with Gasteiger partial charge in [0.15, 0.2) is 22.8 Å². The van der Waals surface area contributed by atoms with E-state index in [-0.39, 0.29) is 6.04 Å². The zero-order valence-electron chi connectivity index (χ0n) is 59.8. The van der Waals surface area contributed by atoms with Gasteiger partial charge in [-0.2, -0.15) is 0 Å². The minimum Gasteiger partial charge on any atom is -0.451 e. The molecule has 22 rings (SSSR count). The molecule has 2 aliphatic carbocycles. The van der Waals surface area contributed by atoms with E-state index >= 15 is 0 Å². The van der Waals surface area contributed by atoms with Crippen LogP contribution in [0.2, 0.25) is 0 Å². The van der Waals surface area contributed by atoms with E-state index in [2.05, 4.69) is 337 Å². The van der Waals surface area contributed by atoms with E-state index in [0.717, 1.165) is 123 Å². The molecule has 14 aromatic carbocycles. The SMILES string of the molecule is C1=CCC(C2=CC3c4ccccc4N(c4ccc5cc(-c6cccc7c6oc6c(-c8ccccc8)nc(-c8ccccc8)nc67)ccc5c4)C3C=C2)C=C1.c1ccc(-c2cc(-c3ccccc3)cc(-c3nc(-c4ccccc4)nc4c3oc3c(-c5cccc(-n6c7ccccc7c7ccccc76)c5)cccc34)c2)cc1. The second-order valence-electron chi connectivity index (χ2n) is 28.6. The zero-order chi connectivity index (χ0) is 72.6. The summed E-state index contributed by atoms with van der Waals surface area (Å²) in [5.41, 5.74) is 27.4. The van der Waals surface area contributed by atoms with E-state index in [1.807, 2.05) is 54.6 Å². The van der Waals surface area contributed by atoms with E-state index in [0.29, 0.717) is 34.7 Å². The van der Waals surface area contributed by atoms with Crippen molar-refractivity contribution in [2.45, 2.75) is 18.4 Å². The Balaban J connectivity index is 0.000000140. The van der Waals surface area contributed by atoms with Gasteiger partial charge in [0.05, 0.1) is 17.1 Å². The van der Waals surface area contributed by atoms with E-state index < -0.39 is 0 Å². The first-order valence-corrected chi connectivity index (χ1v) is 37.7. The van der Waals surface area contributed by atoms with E-state index in [1.165, 1.54) is 55.1 Å². The van der Waals surface area contributed by atoms with Gasteiger partial charge in [-0.1, -0.05) is 303 Å². The van der Waals surface area contributed by atoms with Crippen molar-refractivity contribution in [3.63, 3.8) is 0 Å². The molecule has 110 heavy (non-hydrogen) atoms. The van der Waals surface area contributed by atoms with Crippen molar-refractivity contribution in [3.8, 4) is 95.5 Å². The fourth-order valence-corrected chi connectivity index (χ4v) is 16.9. The average Bonchev–Trinajstić information content (AvgIpc) is 1.58. The van der Waals surface area contributed by atoms with Crippen molar-refractivity contribution >= 4 is 88.1 Å². The van der Waals surface area contributed by atoms with Crippen molar-refractivity contribution in [3.05, 3.63) is 393 Å². The summed E-state index contributed by atoms with van der Waals surface area (Å²) in [4.78, 5) is 23.2. The molecule has 1 aliphatic heterocycles. The Hall–Kier alpha value is -14.3. The summed E-state index contributed by atoms with van der Waals surface area (Å²) < 4.78 is 16.2. The second kappa shape index (κ2) is 26.9.